The van der Waals surface area contributed by atoms with Crippen molar-refractivity contribution >= 4 is 23.6 Å². The Balaban J connectivity index is 2.11. The highest BCUT2D eigenvalue weighted by molar-refractivity contribution is 5.97. The Labute approximate surface area is 207 Å². The van der Waals surface area contributed by atoms with Crippen LogP contribution in [-0.2, 0) is 28.7 Å². The van der Waals surface area contributed by atoms with Gasteiger partial charge in [-0.1, -0.05) is 38.2 Å². The number of hydrogen-bond donors (Lipinski definition) is 2. The molecule has 0 saturated carbocycles. The third-order valence-corrected chi connectivity index (χ3v) is 6.67. The number of esters is 1. The van der Waals surface area contributed by atoms with E-state index < -0.39 is 30.2 Å². The number of rotatable bonds is 7. The molecular weight excluding hydrogens is 450 g/mol. The van der Waals surface area contributed by atoms with E-state index in [1.165, 1.54) is 6.08 Å². The number of aliphatic hydroxyl groups is 1. The van der Waals surface area contributed by atoms with Gasteiger partial charge in [-0.15, -0.1) is 0 Å². The highest BCUT2D eigenvalue weighted by Gasteiger charge is 2.31. The molecule has 2 aliphatic heterocycles. The number of amides is 2. The number of carbonyl (C=O) groups excluding carboxylic acids is 4. The Morgan fingerprint density at radius 2 is 1.86 bits per heavy atom. The zero-order valence-corrected chi connectivity index (χ0v) is 21.2. The molecule has 0 spiro atoms. The van der Waals surface area contributed by atoms with E-state index in [1.807, 2.05) is 25.2 Å². The number of cyclic esters (lactones) is 1. The first-order chi connectivity index (χ1) is 16.6. The van der Waals surface area contributed by atoms with E-state index in [2.05, 4.69) is 5.32 Å². The van der Waals surface area contributed by atoms with Crippen LogP contribution in [0.3, 0.4) is 0 Å². The molecule has 1 saturated heterocycles. The third kappa shape index (κ3) is 9.18. The van der Waals surface area contributed by atoms with Crippen molar-refractivity contribution in [2.45, 2.75) is 84.0 Å². The third-order valence-electron chi connectivity index (χ3n) is 6.67. The topological polar surface area (TPSA) is 119 Å². The van der Waals surface area contributed by atoms with Crippen LogP contribution < -0.4 is 5.32 Å². The number of imide groups is 1. The monoisotopic (exact) mass is 489 g/mol. The number of nitrogens with one attached hydrogen (secondary N) is 1. The Morgan fingerprint density at radius 1 is 1.20 bits per heavy atom. The lowest BCUT2D eigenvalue weighted by atomic mass is 9.86. The summed E-state index contributed by atoms with van der Waals surface area (Å²) in [6.45, 7) is 5.39. The molecule has 8 nitrogen and oxygen atoms in total. The van der Waals surface area contributed by atoms with E-state index in [0.717, 1.165) is 0 Å². The summed E-state index contributed by atoms with van der Waals surface area (Å²) >= 11 is 0. The molecule has 0 aliphatic carbocycles. The maximum absolute atomic E-state index is 13.0. The zero-order valence-electron chi connectivity index (χ0n) is 21.2. The number of hydrogen-bond acceptors (Lipinski definition) is 7. The van der Waals surface area contributed by atoms with Crippen molar-refractivity contribution < 1.29 is 33.8 Å². The Bertz CT molecular complexity index is 844. The molecule has 2 aliphatic rings. The highest BCUT2D eigenvalue weighted by Crippen LogP contribution is 2.25. The van der Waals surface area contributed by atoms with Crippen molar-refractivity contribution in [3.05, 3.63) is 36.0 Å². The van der Waals surface area contributed by atoms with Crippen LogP contribution in [0, 0.1) is 17.8 Å². The van der Waals surface area contributed by atoms with Crippen LogP contribution in [0.2, 0.25) is 0 Å². The fourth-order valence-corrected chi connectivity index (χ4v) is 4.61. The minimum atomic E-state index is -0.803. The average molecular weight is 490 g/mol. The normalized spacial score (nSPS) is 28.0. The van der Waals surface area contributed by atoms with Crippen molar-refractivity contribution in [2.75, 3.05) is 7.11 Å². The Morgan fingerprint density at radius 3 is 2.51 bits per heavy atom. The molecule has 194 valence electrons. The number of piperidine rings is 1. The molecule has 2 amide bonds. The molecule has 8 heteroatoms. The molecule has 2 N–H and O–H groups in total. The zero-order chi connectivity index (χ0) is 26.0. The molecule has 2 rings (SSSR count). The van der Waals surface area contributed by atoms with E-state index in [9.17, 15) is 24.3 Å². The van der Waals surface area contributed by atoms with Crippen LogP contribution in [0.1, 0.15) is 65.7 Å². The number of aliphatic hydroxyl groups excluding tert-OH is 1. The van der Waals surface area contributed by atoms with E-state index in [0.29, 0.717) is 44.1 Å². The summed E-state index contributed by atoms with van der Waals surface area (Å²) in [5, 5.41) is 13.1. The fourth-order valence-electron chi connectivity index (χ4n) is 4.61. The quantitative estimate of drug-likeness (QED) is 0.320. The predicted molar refractivity (Wildman–Crippen MR) is 131 cm³/mol. The minimum Gasteiger partial charge on any atom is -0.454 e. The van der Waals surface area contributed by atoms with Crippen LogP contribution >= 0.6 is 0 Å². The number of allylic oxidation sites excluding steroid dienone is 2. The van der Waals surface area contributed by atoms with Crippen LogP contribution in [-0.4, -0.2) is 54.1 Å². The van der Waals surface area contributed by atoms with Gasteiger partial charge in [0.15, 0.2) is 0 Å². The van der Waals surface area contributed by atoms with Gasteiger partial charge in [0.25, 0.3) is 0 Å². The fraction of sp³-hybridized carbons (Fsp3) is 0.630. The number of ether oxygens (including phenoxy) is 2. The minimum absolute atomic E-state index is 0.0524. The summed E-state index contributed by atoms with van der Waals surface area (Å²) in [5.41, 5.74) is 0.685. The van der Waals surface area contributed by atoms with Gasteiger partial charge in [0.2, 0.25) is 11.8 Å². The van der Waals surface area contributed by atoms with E-state index in [1.54, 1.807) is 27.0 Å². The average Bonchev–Trinajstić information content (AvgIpc) is 2.79. The van der Waals surface area contributed by atoms with Gasteiger partial charge in [-0.25, -0.2) is 4.79 Å². The lowest BCUT2D eigenvalue weighted by molar-refractivity contribution is -0.145. The molecule has 2 heterocycles. The summed E-state index contributed by atoms with van der Waals surface area (Å²) in [5.74, 6) is -2.06. The summed E-state index contributed by atoms with van der Waals surface area (Å²) < 4.78 is 11.1. The number of ketones is 1. The van der Waals surface area contributed by atoms with Crippen LogP contribution in [0.15, 0.2) is 36.0 Å². The smallest absolute Gasteiger partial charge is 0.331 e. The van der Waals surface area contributed by atoms with Gasteiger partial charge in [0.1, 0.15) is 18.0 Å². The van der Waals surface area contributed by atoms with Gasteiger partial charge in [0, 0.05) is 38.4 Å². The first kappa shape index (κ1) is 28.7. The van der Waals surface area contributed by atoms with Gasteiger partial charge in [0.05, 0.1) is 12.0 Å². The predicted octanol–water partition coefficient (Wildman–Crippen LogP) is 3.19. The first-order valence-corrected chi connectivity index (χ1v) is 12.4. The molecule has 5 atom stereocenters. The second-order valence-corrected chi connectivity index (χ2v) is 9.62. The molecule has 0 bridgehead atoms. The molecule has 0 aromatic heterocycles. The van der Waals surface area contributed by atoms with Crippen LogP contribution in [0.5, 0.6) is 0 Å². The molecule has 0 aromatic carbocycles. The van der Waals surface area contributed by atoms with Crippen molar-refractivity contribution in [1.29, 1.82) is 0 Å². The summed E-state index contributed by atoms with van der Waals surface area (Å²) in [6, 6.07) is 0. The van der Waals surface area contributed by atoms with Crippen molar-refractivity contribution in [3.8, 4) is 0 Å². The highest BCUT2D eigenvalue weighted by atomic mass is 16.5. The summed E-state index contributed by atoms with van der Waals surface area (Å²) in [7, 11) is 1.55. The first-order valence-electron chi connectivity index (χ1n) is 12.4. The summed E-state index contributed by atoms with van der Waals surface area (Å²) in [4.78, 5) is 48.6. The Kier molecular flexibility index (Phi) is 11.5. The van der Waals surface area contributed by atoms with E-state index >= 15 is 0 Å². The molecule has 1 unspecified atom stereocenters. The van der Waals surface area contributed by atoms with Crippen molar-refractivity contribution in [1.82, 2.24) is 5.32 Å². The van der Waals surface area contributed by atoms with E-state index in [-0.39, 0.29) is 35.9 Å². The van der Waals surface area contributed by atoms with Gasteiger partial charge in [-0.05, 0) is 44.1 Å². The standard InChI is InChI=1S/C27H39NO7/c1-17-14-18(2)27(35-25(32)13-8-6-5-7-12-22(34-4)26(17)33)19(3)21(29)11-9-10-20-15-23(30)28-24(31)16-20/h7-8,12-14,17,19-20,22,26-27,33H,5-6,9-11,15-16H2,1-4H3,(H,28,30,31)/t17?,19-,22+,26+,27+/m1/s1. The number of Topliss-reactive ketones (excluding diaryl/α,β-unsaturated/α-hetero) is 1. The van der Waals surface area contributed by atoms with Crippen molar-refractivity contribution in [3.63, 3.8) is 0 Å². The van der Waals surface area contributed by atoms with Crippen LogP contribution in [0.25, 0.3) is 0 Å². The molecule has 0 aromatic rings. The van der Waals surface area contributed by atoms with E-state index in [4.69, 9.17) is 9.47 Å². The lowest BCUT2D eigenvalue weighted by Crippen LogP contribution is -2.38. The second-order valence-electron chi connectivity index (χ2n) is 9.62. The largest absolute Gasteiger partial charge is 0.454 e. The van der Waals surface area contributed by atoms with Gasteiger partial charge in [-0.3, -0.25) is 19.7 Å². The summed E-state index contributed by atoms with van der Waals surface area (Å²) in [6.07, 6.45) is 9.96. The molecule has 35 heavy (non-hydrogen) atoms. The Hall–Kier alpha value is -2.58. The van der Waals surface area contributed by atoms with Gasteiger partial charge >= 0.3 is 5.97 Å². The molecular formula is C27H39NO7. The van der Waals surface area contributed by atoms with Crippen molar-refractivity contribution in [2.24, 2.45) is 17.8 Å². The molecule has 1 fully saturated rings. The second kappa shape index (κ2) is 14.1. The number of methoxy groups -OCH3 is 1. The SMILES string of the molecule is CO[C@H]1C=CCCC=CC(=O)O[C@H]([C@H](C)C(=O)CCCC2CC(=O)NC(=O)C2)C(C)=CC(C)[C@@H]1O. The maximum atomic E-state index is 13.0. The molecule has 0 radical (unpaired) electrons. The van der Waals surface area contributed by atoms with Gasteiger partial charge < -0.3 is 14.6 Å². The maximum Gasteiger partial charge on any atom is 0.331 e. The number of carbonyl (C=O) groups is 4. The van der Waals surface area contributed by atoms with Crippen LogP contribution in [0.4, 0.5) is 0 Å². The van der Waals surface area contributed by atoms with Gasteiger partial charge in [-0.2, -0.15) is 0 Å². The lowest BCUT2D eigenvalue weighted by Gasteiger charge is -2.27.